The van der Waals surface area contributed by atoms with Gasteiger partial charge in [0.25, 0.3) is 0 Å². The van der Waals surface area contributed by atoms with Crippen molar-refractivity contribution in [2.24, 2.45) is 0 Å². The van der Waals surface area contributed by atoms with E-state index in [1.807, 2.05) is 0 Å². The van der Waals surface area contributed by atoms with Crippen molar-refractivity contribution < 1.29 is 13.2 Å². The summed E-state index contributed by atoms with van der Waals surface area (Å²) in [5, 5.41) is 0.718. The number of rotatable bonds is 4. The van der Waals surface area contributed by atoms with Crippen molar-refractivity contribution in [3.8, 4) is 5.75 Å². The minimum Gasteiger partial charge on any atom is -0.493 e. The van der Waals surface area contributed by atoms with Crippen LogP contribution in [0.3, 0.4) is 0 Å². The van der Waals surface area contributed by atoms with Gasteiger partial charge >= 0.3 is 0 Å². The molecule has 0 aliphatic heterocycles. The molecule has 0 bridgehead atoms. The van der Waals surface area contributed by atoms with Gasteiger partial charge in [-0.3, -0.25) is 0 Å². The summed E-state index contributed by atoms with van der Waals surface area (Å²) in [5.74, 6) is 0.576. The highest BCUT2D eigenvalue weighted by molar-refractivity contribution is 9.09. The highest BCUT2D eigenvalue weighted by Gasteiger charge is 2.07. The molecule has 1 aromatic carbocycles. The van der Waals surface area contributed by atoms with Gasteiger partial charge in [-0.2, -0.15) is 0 Å². The number of sulfone groups is 1. The van der Waals surface area contributed by atoms with E-state index in [4.69, 9.17) is 4.74 Å². The second kappa shape index (κ2) is 4.79. The Labute approximate surface area is 92.1 Å². The molecular weight excluding hydrogens is 268 g/mol. The van der Waals surface area contributed by atoms with Gasteiger partial charge in [0.1, 0.15) is 5.75 Å². The number of ether oxygens (including phenoxy) is 1. The van der Waals surface area contributed by atoms with Crippen LogP contribution in [0.4, 0.5) is 0 Å². The standard InChI is InChI=1S/C9H11BrO3S/c1-14(11,12)9-4-2-3-8(7-9)13-6-5-10/h2-4,7H,5-6H2,1H3. The molecule has 0 unspecified atom stereocenters. The lowest BCUT2D eigenvalue weighted by Crippen LogP contribution is -2.00. The molecule has 0 spiro atoms. The van der Waals surface area contributed by atoms with Crippen molar-refractivity contribution in [1.82, 2.24) is 0 Å². The Morgan fingerprint density at radius 2 is 2.14 bits per heavy atom. The van der Waals surface area contributed by atoms with Gasteiger partial charge < -0.3 is 4.74 Å². The smallest absolute Gasteiger partial charge is 0.175 e. The maximum Gasteiger partial charge on any atom is 0.175 e. The van der Waals surface area contributed by atoms with Gasteiger partial charge in [0.15, 0.2) is 9.84 Å². The molecule has 5 heteroatoms. The number of alkyl halides is 1. The third-order valence-corrected chi connectivity index (χ3v) is 3.01. The quantitative estimate of drug-likeness (QED) is 0.790. The Balaban J connectivity index is 2.90. The Bertz CT molecular complexity index is 400. The van der Waals surface area contributed by atoms with Gasteiger partial charge in [0.2, 0.25) is 0 Å². The van der Waals surface area contributed by atoms with Crippen LogP contribution in [0.5, 0.6) is 5.75 Å². The van der Waals surface area contributed by atoms with Crippen LogP contribution in [0.1, 0.15) is 0 Å². The summed E-state index contributed by atoms with van der Waals surface area (Å²) < 4.78 is 27.7. The molecular formula is C9H11BrO3S. The number of hydrogen-bond acceptors (Lipinski definition) is 3. The molecule has 0 aromatic heterocycles. The molecule has 3 nitrogen and oxygen atoms in total. The van der Waals surface area contributed by atoms with Crippen LogP contribution in [0.25, 0.3) is 0 Å². The molecule has 0 fully saturated rings. The number of halogens is 1. The fraction of sp³-hybridized carbons (Fsp3) is 0.333. The van der Waals surface area contributed by atoms with E-state index in [1.54, 1.807) is 18.2 Å². The monoisotopic (exact) mass is 278 g/mol. The lowest BCUT2D eigenvalue weighted by Gasteiger charge is -2.05. The summed E-state index contributed by atoms with van der Waals surface area (Å²) in [5.41, 5.74) is 0. The van der Waals surface area contributed by atoms with Crippen LogP contribution in [0.2, 0.25) is 0 Å². The van der Waals surface area contributed by atoms with E-state index in [1.165, 1.54) is 12.3 Å². The third-order valence-electron chi connectivity index (χ3n) is 1.58. The molecule has 78 valence electrons. The second-order valence-electron chi connectivity index (χ2n) is 2.78. The molecule has 0 saturated carbocycles. The predicted octanol–water partition coefficient (Wildman–Crippen LogP) is 1.86. The normalized spacial score (nSPS) is 11.3. The van der Waals surface area contributed by atoms with Gasteiger partial charge in [-0.05, 0) is 18.2 Å². The molecule has 0 aliphatic carbocycles. The Hall–Kier alpha value is -0.550. The van der Waals surface area contributed by atoms with Crippen LogP contribution in [-0.2, 0) is 9.84 Å². The van der Waals surface area contributed by atoms with E-state index in [0.29, 0.717) is 12.4 Å². The molecule has 14 heavy (non-hydrogen) atoms. The molecule has 0 saturated heterocycles. The lowest BCUT2D eigenvalue weighted by atomic mass is 10.3. The summed E-state index contributed by atoms with van der Waals surface area (Å²) in [6.45, 7) is 0.521. The molecule has 0 N–H and O–H groups in total. The average molecular weight is 279 g/mol. The van der Waals surface area contributed by atoms with E-state index >= 15 is 0 Å². The summed E-state index contributed by atoms with van der Waals surface area (Å²) in [4.78, 5) is 0.282. The van der Waals surface area contributed by atoms with Crippen molar-refractivity contribution in [2.45, 2.75) is 4.90 Å². The van der Waals surface area contributed by atoms with E-state index in [0.717, 1.165) is 5.33 Å². The first-order valence-electron chi connectivity index (χ1n) is 4.03. The van der Waals surface area contributed by atoms with Crippen LogP contribution in [0, 0.1) is 0 Å². The second-order valence-corrected chi connectivity index (χ2v) is 5.59. The minimum atomic E-state index is -3.14. The molecule has 0 amide bonds. The van der Waals surface area contributed by atoms with Crippen molar-refractivity contribution in [3.05, 3.63) is 24.3 Å². The lowest BCUT2D eigenvalue weighted by molar-refractivity contribution is 0.344. The van der Waals surface area contributed by atoms with Gasteiger partial charge in [-0.15, -0.1) is 0 Å². The molecule has 1 aromatic rings. The van der Waals surface area contributed by atoms with Crippen LogP contribution in [0.15, 0.2) is 29.2 Å². The topological polar surface area (TPSA) is 43.4 Å². The van der Waals surface area contributed by atoms with Gasteiger partial charge in [-0.25, -0.2) is 8.42 Å². The van der Waals surface area contributed by atoms with E-state index in [2.05, 4.69) is 15.9 Å². The van der Waals surface area contributed by atoms with Crippen LogP contribution in [-0.4, -0.2) is 26.6 Å². The van der Waals surface area contributed by atoms with Crippen molar-refractivity contribution in [3.63, 3.8) is 0 Å². The first-order chi connectivity index (χ1) is 6.54. The maximum absolute atomic E-state index is 11.2. The molecule has 0 atom stereocenters. The zero-order chi connectivity index (χ0) is 10.6. The third kappa shape index (κ3) is 3.31. The molecule has 0 aliphatic rings. The van der Waals surface area contributed by atoms with Crippen LogP contribution >= 0.6 is 15.9 Å². The molecule has 1 rings (SSSR count). The largest absolute Gasteiger partial charge is 0.493 e. The van der Waals surface area contributed by atoms with Crippen molar-refractivity contribution >= 4 is 25.8 Å². The highest BCUT2D eigenvalue weighted by atomic mass is 79.9. The highest BCUT2D eigenvalue weighted by Crippen LogP contribution is 2.17. The van der Waals surface area contributed by atoms with Crippen LogP contribution < -0.4 is 4.74 Å². The summed E-state index contributed by atoms with van der Waals surface area (Å²) in [6.07, 6.45) is 1.18. The first kappa shape index (κ1) is 11.5. The van der Waals surface area contributed by atoms with E-state index < -0.39 is 9.84 Å². The van der Waals surface area contributed by atoms with Gasteiger partial charge in [-0.1, -0.05) is 22.0 Å². The predicted molar refractivity (Wildman–Crippen MR) is 58.8 cm³/mol. The SMILES string of the molecule is CS(=O)(=O)c1cccc(OCCBr)c1. The van der Waals surface area contributed by atoms with Gasteiger partial charge in [0, 0.05) is 11.6 Å². The molecule has 0 radical (unpaired) electrons. The fourth-order valence-electron chi connectivity index (χ4n) is 0.951. The number of hydrogen-bond donors (Lipinski definition) is 0. The first-order valence-corrected chi connectivity index (χ1v) is 7.04. The zero-order valence-corrected chi connectivity index (χ0v) is 10.1. The Kier molecular flexibility index (Phi) is 3.95. The Morgan fingerprint density at radius 1 is 1.43 bits per heavy atom. The summed E-state index contributed by atoms with van der Waals surface area (Å²) in [7, 11) is -3.14. The maximum atomic E-state index is 11.2. The van der Waals surface area contributed by atoms with Crippen molar-refractivity contribution in [2.75, 3.05) is 18.2 Å². The van der Waals surface area contributed by atoms with Crippen molar-refractivity contribution in [1.29, 1.82) is 0 Å². The number of benzene rings is 1. The average Bonchev–Trinajstić information content (AvgIpc) is 2.14. The zero-order valence-electron chi connectivity index (χ0n) is 7.73. The van der Waals surface area contributed by atoms with E-state index in [-0.39, 0.29) is 4.90 Å². The fourth-order valence-corrected chi connectivity index (χ4v) is 1.77. The summed E-state index contributed by atoms with van der Waals surface area (Å²) in [6, 6.07) is 6.48. The van der Waals surface area contributed by atoms with E-state index in [9.17, 15) is 8.42 Å². The minimum absolute atomic E-state index is 0.282. The summed E-state index contributed by atoms with van der Waals surface area (Å²) >= 11 is 3.22. The molecule has 0 heterocycles. The Morgan fingerprint density at radius 3 is 2.71 bits per heavy atom. The van der Waals surface area contributed by atoms with Gasteiger partial charge in [0.05, 0.1) is 11.5 Å².